The fraction of sp³-hybridized carbons (Fsp3) is 0.118. The molecule has 3 rings (SSSR count). The summed E-state index contributed by atoms with van der Waals surface area (Å²) in [6.07, 6.45) is 0. The second-order valence-electron chi connectivity index (χ2n) is 4.88. The van der Waals surface area contributed by atoms with Crippen molar-refractivity contribution in [3.63, 3.8) is 0 Å². The predicted octanol–water partition coefficient (Wildman–Crippen LogP) is 2.19. The number of nitrogens with zero attached hydrogens (tertiary/aromatic N) is 3. The molecule has 6 heteroatoms. The molecular formula is C17H16BN3O2. The van der Waals surface area contributed by atoms with E-state index in [0.29, 0.717) is 17.4 Å². The Morgan fingerprint density at radius 2 is 1.09 bits per heavy atom. The van der Waals surface area contributed by atoms with Crippen molar-refractivity contribution in [2.45, 2.75) is 0 Å². The Kier molecular flexibility index (Phi) is 4.75. The minimum atomic E-state index is -0.636. The third-order valence-electron chi connectivity index (χ3n) is 3.36. The molecule has 1 aromatic heterocycles. The maximum Gasteiger partial charge on any atom is 0.533 e. The smallest absolute Gasteiger partial charge is 0.408 e. The van der Waals surface area contributed by atoms with E-state index < -0.39 is 7.12 Å². The summed E-state index contributed by atoms with van der Waals surface area (Å²) in [6, 6.07) is 19.6. The van der Waals surface area contributed by atoms with Gasteiger partial charge in [0.25, 0.3) is 0 Å². The molecule has 0 atom stereocenters. The van der Waals surface area contributed by atoms with Crippen LogP contribution in [0.1, 0.15) is 0 Å². The highest BCUT2D eigenvalue weighted by molar-refractivity contribution is 6.59. The fourth-order valence-electron chi connectivity index (χ4n) is 2.24. The third-order valence-corrected chi connectivity index (χ3v) is 3.36. The van der Waals surface area contributed by atoms with Crippen LogP contribution < -0.4 is 5.72 Å². The van der Waals surface area contributed by atoms with Gasteiger partial charge in [0.05, 0.1) is 0 Å². The molecule has 0 bridgehead atoms. The van der Waals surface area contributed by atoms with E-state index in [0.717, 1.165) is 11.1 Å². The van der Waals surface area contributed by atoms with Gasteiger partial charge in [-0.2, -0.15) is 0 Å². The fourth-order valence-corrected chi connectivity index (χ4v) is 2.24. The molecule has 23 heavy (non-hydrogen) atoms. The van der Waals surface area contributed by atoms with E-state index in [1.807, 2.05) is 60.7 Å². The lowest BCUT2D eigenvalue weighted by atomic mass is 9.89. The van der Waals surface area contributed by atoms with E-state index in [1.165, 1.54) is 0 Å². The molecule has 0 spiro atoms. The topological polar surface area (TPSA) is 57.1 Å². The zero-order chi connectivity index (χ0) is 16.1. The van der Waals surface area contributed by atoms with Crippen LogP contribution >= 0.6 is 0 Å². The minimum absolute atomic E-state index is 0.447. The van der Waals surface area contributed by atoms with Gasteiger partial charge in [-0.3, -0.25) is 0 Å². The summed E-state index contributed by atoms with van der Waals surface area (Å²) in [5.74, 6) is 1.18. The first kappa shape index (κ1) is 15.3. The van der Waals surface area contributed by atoms with Gasteiger partial charge in [0.15, 0.2) is 17.4 Å². The Labute approximate surface area is 135 Å². The lowest BCUT2D eigenvalue weighted by Gasteiger charge is -2.11. The predicted molar refractivity (Wildman–Crippen MR) is 90.1 cm³/mol. The van der Waals surface area contributed by atoms with Crippen molar-refractivity contribution in [2.24, 2.45) is 0 Å². The Hall–Kier alpha value is -2.57. The van der Waals surface area contributed by atoms with Crippen molar-refractivity contribution < 1.29 is 9.31 Å². The van der Waals surface area contributed by atoms with Crippen LogP contribution in [0.5, 0.6) is 0 Å². The SMILES string of the molecule is COB(OC)c1nc(-c2ccccc2)nc(-c2ccccc2)n1. The molecule has 0 radical (unpaired) electrons. The summed E-state index contributed by atoms with van der Waals surface area (Å²) in [4.78, 5) is 13.6. The average molecular weight is 305 g/mol. The molecule has 0 aliphatic carbocycles. The molecule has 1 heterocycles. The maximum absolute atomic E-state index is 5.29. The van der Waals surface area contributed by atoms with Crippen molar-refractivity contribution >= 4 is 12.8 Å². The summed E-state index contributed by atoms with van der Waals surface area (Å²) in [5.41, 5.74) is 2.28. The molecule has 0 N–H and O–H groups in total. The highest BCUT2D eigenvalue weighted by atomic mass is 16.6. The van der Waals surface area contributed by atoms with Gasteiger partial charge in [-0.25, -0.2) is 15.0 Å². The lowest BCUT2D eigenvalue weighted by Crippen LogP contribution is -2.40. The van der Waals surface area contributed by atoms with Gasteiger partial charge in [0, 0.05) is 25.3 Å². The van der Waals surface area contributed by atoms with Crippen LogP contribution in [0.25, 0.3) is 22.8 Å². The van der Waals surface area contributed by atoms with E-state index in [4.69, 9.17) is 9.31 Å². The van der Waals surface area contributed by atoms with Crippen LogP contribution in [-0.4, -0.2) is 36.3 Å². The standard InChI is InChI=1S/C17H16BN3O2/c1-22-18(23-2)17-20-15(13-9-5-3-6-10-13)19-16(21-17)14-11-7-4-8-12-14/h3-12H,1-2H3. The van der Waals surface area contributed by atoms with Gasteiger partial charge in [-0.1, -0.05) is 60.7 Å². The van der Waals surface area contributed by atoms with Crippen LogP contribution in [0.2, 0.25) is 0 Å². The van der Waals surface area contributed by atoms with Gasteiger partial charge in [-0.15, -0.1) is 0 Å². The van der Waals surface area contributed by atoms with Crippen molar-refractivity contribution in [2.75, 3.05) is 14.2 Å². The van der Waals surface area contributed by atoms with E-state index in [9.17, 15) is 0 Å². The molecule has 2 aromatic carbocycles. The Morgan fingerprint density at radius 3 is 1.48 bits per heavy atom. The molecular weight excluding hydrogens is 289 g/mol. The molecule has 114 valence electrons. The van der Waals surface area contributed by atoms with Crippen LogP contribution in [-0.2, 0) is 9.31 Å². The van der Waals surface area contributed by atoms with Crippen molar-refractivity contribution in [1.82, 2.24) is 15.0 Å². The maximum atomic E-state index is 5.29. The zero-order valence-corrected chi connectivity index (χ0v) is 13.0. The summed E-state index contributed by atoms with van der Waals surface area (Å²) in [7, 11) is 2.48. The minimum Gasteiger partial charge on any atom is -0.408 e. The second-order valence-corrected chi connectivity index (χ2v) is 4.88. The van der Waals surface area contributed by atoms with Gasteiger partial charge < -0.3 is 9.31 Å². The van der Waals surface area contributed by atoms with Gasteiger partial charge in [-0.05, 0) is 0 Å². The first-order valence-corrected chi connectivity index (χ1v) is 7.24. The molecule has 0 saturated carbocycles. The molecule has 3 aromatic rings. The molecule has 0 unspecified atom stereocenters. The zero-order valence-electron chi connectivity index (χ0n) is 13.0. The van der Waals surface area contributed by atoms with Crippen LogP contribution in [0.3, 0.4) is 0 Å². The number of benzene rings is 2. The monoisotopic (exact) mass is 305 g/mol. The Bertz CT molecular complexity index is 708. The van der Waals surface area contributed by atoms with E-state index in [-0.39, 0.29) is 0 Å². The first-order chi connectivity index (χ1) is 11.3. The second kappa shape index (κ2) is 7.13. The van der Waals surface area contributed by atoms with Gasteiger partial charge >= 0.3 is 7.12 Å². The largest absolute Gasteiger partial charge is 0.533 e. The van der Waals surface area contributed by atoms with Crippen molar-refractivity contribution in [3.8, 4) is 22.8 Å². The number of hydrogen-bond acceptors (Lipinski definition) is 5. The third kappa shape index (κ3) is 3.44. The van der Waals surface area contributed by atoms with Crippen LogP contribution in [0, 0.1) is 0 Å². The molecule has 0 amide bonds. The van der Waals surface area contributed by atoms with E-state index in [1.54, 1.807) is 14.2 Å². The van der Waals surface area contributed by atoms with E-state index in [2.05, 4.69) is 15.0 Å². The van der Waals surface area contributed by atoms with Gasteiger partial charge in [0.1, 0.15) is 0 Å². The van der Waals surface area contributed by atoms with Crippen LogP contribution in [0.4, 0.5) is 0 Å². The molecule has 5 nitrogen and oxygen atoms in total. The quantitative estimate of drug-likeness (QED) is 0.676. The van der Waals surface area contributed by atoms with E-state index >= 15 is 0 Å². The van der Waals surface area contributed by atoms with Crippen molar-refractivity contribution in [1.29, 1.82) is 0 Å². The summed E-state index contributed by atoms with van der Waals surface area (Å²) >= 11 is 0. The summed E-state index contributed by atoms with van der Waals surface area (Å²) in [5, 5.41) is 0. The number of hydrogen-bond donors (Lipinski definition) is 0. The first-order valence-electron chi connectivity index (χ1n) is 7.24. The normalized spacial score (nSPS) is 10.5. The highest BCUT2D eigenvalue weighted by Gasteiger charge is 2.24. The molecule has 0 aliphatic heterocycles. The van der Waals surface area contributed by atoms with Crippen molar-refractivity contribution in [3.05, 3.63) is 60.7 Å². The Balaban J connectivity index is 2.15. The molecule has 0 saturated heterocycles. The lowest BCUT2D eigenvalue weighted by molar-refractivity contribution is 0.290. The average Bonchev–Trinajstić information content (AvgIpc) is 2.64. The Morgan fingerprint density at radius 1 is 0.652 bits per heavy atom. The number of rotatable bonds is 5. The molecule has 0 fully saturated rings. The highest BCUT2D eigenvalue weighted by Crippen LogP contribution is 2.18. The van der Waals surface area contributed by atoms with Crippen LogP contribution in [0.15, 0.2) is 60.7 Å². The summed E-state index contributed by atoms with van der Waals surface area (Å²) in [6.45, 7) is 0. The summed E-state index contributed by atoms with van der Waals surface area (Å²) < 4.78 is 10.6. The molecule has 0 aliphatic rings. The van der Waals surface area contributed by atoms with Gasteiger partial charge in [0.2, 0.25) is 0 Å². The number of aromatic nitrogens is 3.